The molecule has 0 atom stereocenters. The Balaban J connectivity index is 1.22. The molecule has 0 radical (unpaired) electrons. The molecule has 4 heterocycles. The minimum atomic E-state index is 0.917. The van der Waals surface area contributed by atoms with Gasteiger partial charge in [0.25, 0.3) is 0 Å². The van der Waals surface area contributed by atoms with Gasteiger partial charge in [-0.25, -0.2) is 4.98 Å². The van der Waals surface area contributed by atoms with Crippen LogP contribution in [0.3, 0.4) is 0 Å². The third-order valence-corrected chi connectivity index (χ3v) is 9.46. The summed E-state index contributed by atoms with van der Waals surface area (Å²) in [7, 11) is 0. The van der Waals surface area contributed by atoms with Crippen molar-refractivity contribution in [3.63, 3.8) is 0 Å². The Labute approximate surface area is 263 Å². The first-order chi connectivity index (χ1) is 22.3. The van der Waals surface area contributed by atoms with Crippen LogP contribution in [0.5, 0.6) is 0 Å². The van der Waals surface area contributed by atoms with Crippen molar-refractivity contribution in [2.24, 2.45) is 0 Å². The highest BCUT2D eigenvalue weighted by molar-refractivity contribution is 7.21. The highest BCUT2D eigenvalue weighted by Gasteiger charge is 2.15. The van der Waals surface area contributed by atoms with Gasteiger partial charge in [-0.3, -0.25) is 15.0 Å². The van der Waals surface area contributed by atoms with Gasteiger partial charge >= 0.3 is 0 Å². The van der Waals surface area contributed by atoms with Crippen molar-refractivity contribution >= 4 is 54.3 Å². The molecule has 210 valence electrons. The molecule has 4 nitrogen and oxygen atoms in total. The topological polar surface area (TPSA) is 51.6 Å². The molecule has 0 bridgehead atoms. The molecular formula is C40H24N4S. The van der Waals surface area contributed by atoms with Gasteiger partial charge in [0.2, 0.25) is 0 Å². The van der Waals surface area contributed by atoms with Gasteiger partial charge < -0.3 is 0 Å². The summed E-state index contributed by atoms with van der Waals surface area (Å²) in [5, 5.41) is 4.31. The first kappa shape index (κ1) is 25.7. The van der Waals surface area contributed by atoms with Crippen molar-refractivity contribution in [3.8, 4) is 44.0 Å². The Kier molecular flexibility index (Phi) is 5.96. The SMILES string of the molecule is c1ccc(-c2nc3ccc(-c4cc(-c5cnc6c(ccc7cccnc76)c5)ccc4-c4cnc5ccccc5c4)cc3s2)cc1. The number of thiazole rings is 1. The third kappa shape index (κ3) is 4.53. The standard InChI is InChI=1S/C40H24N4S/c1-2-7-26(8-3-1)40-44-36-17-15-28(22-37(36)45-40)34-21-27(14-16-33(34)32-19-29-9-4-5-11-35(29)42-24-32)31-20-30-13-12-25-10-6-18-41-38(25)39(30)43-23-31/h1-24H. The number of rotatable bonds is 4. The predicted molar refractivity (Wildman–Crippen MR) is 187 cm³/mol. The highest BCUT2D eigenvalue weighted by atomic mass is 32.1. The van der Waals surface area contributed by atoms with E-state index in [1.807, 2.05) is 36.8 Å². The molecule has 0 fully saturated rings. The van der Waals surface area contributed by atoms with Crippen LogP contribution in [0.1, 0.15) is 0 Å². The van der Waals surface area contributed by atoms with Gasteiger partial charge in [-0.2, -0.15) is 0 Å². The minimum Gasteiger partial charge on any atom is -0.256 e. The lowest BCUT2D eigenvalue weighted by Crippen LogP contribution is -1.91. The van der Waals surface area contributed by atoms with Gasteiger partial charge in [-0.15, -0.1) is 11.3 Å². The van der Waals surface area contributed by atoms with Crippen LogP contribution in [-0.2, 0) is 0 Å². The Hall–Kier alpha value is -5.78. The van der Waals surface area contributed by atoms with Crippen molar-refractivity contribution in [2.45, 2.75) is 0 Å². The number of para-hydroxylation sites is 1. The Morgan fingerprint density at radius 3 is 2.16 bits per heavy atom. The van der Waals surface area contributed by atoms with Gasteiger partial charge in [-0.05, 0) is 64.7 Å². The van der Waals surface area contributed by atoms with E-state index in [0.29, 0.717) is 0 Å². The van der Waals surface area contributed by atoms with Crippen LogP contribution in [0.25, 0.3) is 86.9 Å². The van der Waals surface area contributed by atoms with E-state index in [1.54, 1.807) is 11.3 Å². The first-order valence-corrected chi connectivity index (χ1v) is 15.7. The molecule has 9 aromatic rings. The lowest BCUT2D eigenvalue weighted by atomic mass is 9.91. The number of pyridine rings is 3. The average Bonchev–Trinajstić information content (AvgIpc) is 3.55. The summed E-state index contributed by atoms with van der Waals surface area (Å²) in [6, 6.07) is 44.7. The Morgan fingerprint density at radius 1 is 0.422 bits per heavy atom. The maximum atomic E-state index is 4.94. The van der Waals surface area contributed by atoms with Crippen molar-refractivity contribution in [2.75, 3.05) is 0 Å². The molecule has 0 aliphatic heterocycles. The normalized spacial score (nSPS) is 11.6. The van der Waals surface area contributed by atoms with Crippen molar-refractivity contribution in [1.82, 2.24) is 19.9 Å². The van der Waals surface area contributed by atoms with Crippen LogP contribution in [0.4, 0.5) is 0 Å². The predicted octanol–water partition coefficient (Wildman–Crippen LogP) is 10.6. The van der Waals surface area contributed by atoms with Gasteiger partial charge in [0.05, 0.1) is 26.8 Å². The van der Waals surface area contributed by atoms with Crippen LogP contribution < -0.4 is 0 Å². The molecule has 5 heteroatoms. The second kappa shape index (κ2) is 10.4. The van der Waals surface area contributed by atoms with E-state index < -0.39 is 0 Å². The Morgan fingerprint density at radius 2 is 1.20 bits per heavy atom. The minimum absolute atomic E-state index is 0.917. The van der Waals surface area contributed by atoms with Crippen LogP contribution in [0.15, 0.2) is 146 Å². The van der Waals surface area contributed by atoms with Crippen molar-refractivity contribution in [3.05, 3.63) is 146 Å². The molecule has 4 aromatic heterocycles. The summed E-state index contributed by atoms with van der Waals surface area (Å²) in [6.07, 6.45) is 5.77. The smallest absolute Gasteiger partial charge is 0.124 e. The number of fused-ring (bicyclic) bond motifs is 5. The Bertz CT molecular complexity index is 2550. The number of hydrogen-bond donors (Lipinski definition) is 0. The summed E-state index contributed by atoms with van der Waals surface area (Å²) < 4.78 is 1.16. The zero-order valence-electron chi connectivity index (χ0n) is 24.1. The second-order valence-electron chi connectivity index (χ2n) is 11.2. The molecule has 0 aliphatic carbocycles. The highest BCUT2D eigenvalue weighted by Crippen LogP contribution is 2.39. The molecule has 0 saturated carbocycles. The van der Waals surface area contributed by atoms with Crippen LogP contribution in [0.2, 0.25) is 0 Å². The lowest BCUT2D eigenvalue weighted by molar-refractivity contribution is 1.37. The van der Waals surface area contributed by atoms with E-state index in [0.717, 1.165) is 86.9 Å². The first-order valence-electron chi connectivity index (χ1n) is 14.9. The molecular weight excluding hydrogens is 569 g/mol. The molecule has 0 saturated heterocycles. The molecule has 0 N–H and O–H groups in total. The zero-order valence-corrected chi connectivity index (χ0v) is 24.9. The second-order valence-corrected chi connectivity index (χ2v) is 12.2. The van der Waals surface area contributed by atoms with E-state index in [1.165, 1.54) is 0 Å². The number of benzene rings is 5. The number of hydrogen-bond acceptors (Lipinski definition) is 5. The summed E-state index contributed by atoms with van der Waals surface area (Å²) in [5.74, 6) is 0. The fraction of sp³-hybridized carbons (Fsp3) is 0. The van der Waals surface area contributed by atoms with E-state index in [2.05, 4.69) is 114 Å². The van der Waals surface area contributed by atoms with Crippen LogP contribution in [-0.4, -0.2) is 19.9 Å². The lowest BCUT2D eigenvalue weighted by Gasteiger charge is -2.14. The molecule has 45 heavy (non-hydrogen) atoms. The monoisotopic (exact) mass is 592 g/mol. The van der Waals surface area contributed by atoms with Gasteiger partial charge in [0, 0.05) is 51.4 Å². The van der Waals surface area contributed by atoms with Crippen LogP contribution in [0, 0.1) is 0 Å². The summed E-state index contributed by atoms with van der Waals surface area (Å²) in [5.41, 5.74) is 11.6. The average molecular weight is 593 g/mol. The largest absolute Gasteiger partial charge is 0.256 e. The van der Waals surface area contributed by atoms with Crippen LogP contribution >= 0.6 is 11.3 Å². The number of aromatic nitrogens is 4. The van der Waals surface area contributed by atoms with Gasteiger partial charge in [0.15, 0.2) is 0 Å². The molecule has 0 unspecified atom stereocenters. The molecule has 5 aromatic carbocycles. The summed E-state index contributed by atoms with van der Waals surface area (Å²) in [4.78, 5) is 19.2. The van der Waals surface area contributed by atoms with Crippen molar-refractivity contribution in [1.29, 1.82) is 0 Å². The third-order valence-electron chi connectivity index (χ3n) is 8.40. The van der Waals surface area contributed by atoms with Gasteiger partial charge in [-0.1, -0.05) is 84.9 Å². The van der Waals surface area contributed by atoms with E-state index in [-0.39, 0.29) is 0 Å². The number of nitrogens with zero attached hydrogens (tertiary/aromatic N) is 4. The maximum absolute atomic E-state index is 4.94. The van der Waals surface area contributed by atoms with Gasteiger partial charge in [0.1, 0.15) is 5.01 Å². The molecule has 9 rings (SSSR count). The van der Waals surface area contributed by atoms with E-state index >= 15 is 0 Å². The summed E-state index contributed by atoms with van der Waals surface area (Å²) >= 11 is 1.73. The molecule has 0 spiro atoms. The quantitative estimate of drug-likeness (QED) is 0.191. The fourth-order valence-corrected chi connectivity index (χ4v) is 7.13. The van der Waals surface area contributed by atoms with Crippen molar-refractivity contribution < 1.29 is 0 Å². The maximum Gasteiger partial charge on any atom is 0.124 e. The fourth-order valence-electron chi connectivity index (χ4n) is 6.12. The summed E-state index contributed by atoms with van der Waals surface area (Å²) in [6.45, 7) is 0. The van der Waals surface area contributed by atoms with E-state index in [4.69, 9.17) is 15.0 Å². The molecule has 0 amide bonds. The molecule has 0 aliphatic rings. The van der Waals surface area contributed by atoms with E-state index in [9.17, 15) is 0 Å². The zero-order chi connectivity index (χ0) is 29.7.